The van der Waals surface area contributed by atoms with E-state index >= 15 is 0 Å². The zero-order chi connectivity index (χ0) is 19.9. The third-order valence-electron chi connectivity index (χ3n) is 4.87. The lowest BCUT2D eigenvalue weighted by molar-refractivity contribution is -0.129. The maximum Gasteiger partial charge on any atom is 0.266 e. The molecule has 142 valence electrons. The maximum absolute atomic E-state index is 14.6. The number of rotatable bonds is 4. The summed E-state index contributed by atoms with van der Waals surface area (Å²) in [5.41, 5.74) is 6.37. The smallest absolute Gasteiger partial charge is 0.266 e. The molecule has 0 unspecified atom stereocenters. The molecule has 1 aliphatic rings. The largest absolute Gasteiger partial charge is 0.369 e. The van der Waals surface area contributed by atoms with Crippen LogP contribution in [0.4, 0.5) is 4.39 Å². The van der Waals surface area contributed by atoms with Gasteiger partial charge in [-0.1, -0.05) is 6.07 Å². The summed E-state index contributed by atoms with van der Waals surface area (Å²) in [6.07, 6.45) is 7.73. The van der Waals surface area contributed by atoms with Crippen LogP contribution in [0.2, 0.25) is 0 Å². The van der Waals surface area contributed by atoms with E-state index in [2.05, 4.69) is 20.1 Å². The van der Waals surface area contributed by atoms with Crippen molar-refractivity contribution in [2.75, 3.05) is 7.05 Å². The van der Waals surface area contributed by atoms with E-state index in [4.69, 9.17) is 5.73 Å². The number of hydrogen-bond acceptors (Lipinski definition) is 6. The summed E-state index contributed by atoms with van der Waals surface area (Å²) < 4.78 is 16.2. The fourth-order valence-corrected chi connectivity index (χ4v) is 3.32. The number of benzene rings is 1. The van der Waals surface area contributed by atoms with Gasteiger partial charge in [0.2, 0.25) is 0 Å². The highest BCUT2D eigenvalue weighted by molar-refractivity contribution is 6.09. The molecule has 0 bridgehead atoms. The van der Waals surface area contributed by atoms with Crippen LogP contribution in [0.5, 0.6) is 0 Å². The number of carbonyl (C=O) groups excluding carboxylic acids is 1. The normalized spacial score (nSPS) is 19.2. The summed E-state index contributed by atoms with van der Waals surface area (Å²) >= 11 is 0. The second kappa shape index (κ2) is 6.52. The molecular formula is C19H18FN7O. The Morgan fingerprint density at radius 3 is 2.54 bits per heavy atom. The number of halogens is 1. The van der Waals surface area contributed by atoms with E-state index in [1.54, 1.807) is 36.3 Å². The third kappa shape index (κ3) is 2.55. The Balaban J connectivity index is 1.96. The van der Waals surface area contributed by atoms with Gasteiger partial charge < -0.3 is 5.73 Å². The van der Waals surface area contributed by atoms with Crippen LogP contribution < -0.4 is 5.73 Å². The molecule has 3 heterocycles. The lowest BCUT2D eigenvalue weighted by Gasteiger charge is -2.25. The number of likely N-dealkylation sites (N-methyl/N-ethyl adjacent to an activating group) is 1. The van der Waals surface area contributed by atoms with Crippen molar-refractivity contribution in [3.8, 4) is 11.1 Å². The molecule has 4 rings (SSSR count). The molecule has 28 heavy (non-hydrogen) atoms. The highest BCUT2D eigenvalue weighted by atomic mass is 19.1. The monoisotopic (exact) mass is 379 g/mol. The van der Waals surface area contributed by atoms with Gasteiger partial charge in [-0.2, -0.15) is 5.10 Å². The highest BCUT2D eigenvalue weighted by Crippen LogP contribution is 2.40. The van der Waals surface area contributed by atoms with Gasteiger partial charge in [0.05, 0.1) is 6.20 Å². The predicted molar refractivity (Wildman–Crippen MR) is 100 cm³/mol. The zero-order valence-electron chi connectivity index (χ0n) is 15.4. The van der Waals surface area contributed by atoms with E-state index in [-0.39, 0.29) is 17.4 Å². The number of guanidine groups is 1. The fourth-order valence-electron chi connectivity index (χ4n) is 3.32. The first-order chi connectivity index (χ1) is 13.5. The number of carbonyl (C=O) groups is 1. The van der Waals surface area contributed by atoms with Crippen molar-refractivity contribution in [3.63, 3.8) is 0 Å². The van der Waals surface area contributed by atoms with Gasteiger partial charge in [0.1, 0.15) is 12.1 Å². The van der Waals surface area contributed by atoms with Crippen LogP contribution in [-0.2, 0) is 16.9 Å². The number of nitrogens with zero attached hydrogens (tertiary/aromatic N) is 6. The quantitative estimate of drug-likeness (QED) is 0.741. The molecule has 9 heteroatoms. The average Bonchev–Trinajstić information content (AvgIpc) is 3.29. The lowest BCUT2D eigenvalue weighted by atomic mass is 9.83. The second-order valence-corrected chi connectivity index (χ2v) is 6.45. The van der Waals surface area contributed by atoms with Crippen LogP contribution in [0.25, 0.3) is 11.1 Å². The Hall–Kier alpha value is -3.62. The van der Waals surface area contributed by atoms with Gasteiger partial charge in [0.25, 0.3) is 5.91 Å². The van der Waals surface area contributed by atoms with Gasteiger partial charge in [-0.05, 0) is 24.6 Å². The topological polar surface area (TPSA) is 102 Å². The fraction of sp³-hybridized carbons (Fsp3) is 0.211. The summed E-state index contributed by atoms with van der Waals surface area (Å²) in [5.74, 6) is -0.695. The number of amides is 1. The van der Waals surface area contributed by atoms with Crippen LogP contribution in [-0.4, -0.2) is 43.6 Å². The standard InChI is InChI=1S/C19H18FN7O/c1-3-27-10-14(9-24-27)19(17(28)26(2)18(21)25-19)13-4-5-16(20)15(6-13)12-7-22-11-23-8-12/h4-11H,3H2,1-2H3,(H2,21,25)/t19-/m0/s1. The van der Waals surface area contributed by atoms with E-state index in [0.717, 1.165) is 0 Å². The predicted octanol–water partition coefficient (Wildman–Crippen LogP) is 1.53. The molecule has 2 aromatic heterocycles. The molecule has 3 aromatic rings. The molecule has 1 aromatic carbocycles. The lowest BCUT2D eigenvalue weighted by Crippen LogP contribution is -2.41. The van der Waals surface area contributed by atoms with Crippen molar-refractivity contribution in [1.82, 2.24) is 24.6 Å². The van der Waals surface area contributed by atoms with E-state index in [1.807, 2.05) is 6.92 Å². The van der Waals surface area contributed by atoms with Crippen LogP contribution in [0, 0.1) is 5.82 Å². The number of aliphatic imine (C=N–C) groups is 1. The molecule has 0 saturated heterocycles. The molecule has 0 fully saturated rings. The maximum atomic E-state index is 14.6. The van der Waals surface area contributed by atoms with Crippen LogP contribution in [0.15, 0.2) is 54.3 Å². The van der Waals surface area contributed by atoms with Gasteiger partial charge in [0, 0.05) is 48.9 Å². The van der Waals surface area contributed by atoms with E-state index in [0.29, 0.717) is 23.2 Å². The van der Waals surface area contributed by atoms with Crippen molar-refractivity contribution in [1.29, 1.82) is 0 Å². The molecule has 0 radical (unpaired) electrons. The SMILES string of the molecule is CCn1cc([C@]2(c3ccc(F)c(-c4cncnc4)c3)N=C(N)N(C)C2=O)cn1. The van der Waals surface area contributed by atoms with Gasteiger partial charge in [-0.25, -0.2) is 19.4 Å². The zero-order valence-corrected chi connectivity index (χ0v) is 15.4. The van der Waals surface area contributed by atoms with Crippen molar-refractivity contribution in [2.45, 2.75) is 19.0 Å². The minimum atomic E-state index is -1.43. The van der Waals surface area contributed by atoms with Gasteiger partial charge in [-0.15, -0.1) is 0 Å². The molecule has 0 saturated carbocycles. The molecular weight excluding hydrogens is 361 g/mol. The summed E-state index contributed by atoms with van der Waals surface area (Å²) in [4.78, 5) is 26.9. The van der Waals surface area contributed by atoms with E-state index in [1.165, 1.54) is 29.7 Å². The first-order valence-corrected chi connectivity index (χ1v) is 8.69. The van der Waals surface area contributed by atoms with Crippen molar-refractivity contribution in [2.24, 2.45) is 10.7 Å². The molecule has 0 aliphatic carbocycles. The number of aryl methyl sites for hydroxylation is 1. The van der Waals surface area contributed by atoms with Crippen molar-refractivity contribution in [3.05, 3.63) is 66.3 Å². The van der Waals surface area contributed by atoms with Crippen LogP contribution >= 0.6 is 0 Å². The van der Waals surface area contributed by atoms with Gasteiger partial charge in [-0.3, -0.25) is 14.4 Å². The minimum Gasteiger partial charge on any atom is -0.369 e. The first kappa shape index (κ1) is 17.8. The second-order valence-electron chi connectivity index (χ2n) is 6.45. The molecule has 2 N–H and O–H groups in total. The third-order valence-corrected chi connectivity index (χ3v) is 4.87. The minimum absolute atomic E-state index is 0.0863. The Kier molecular flexibility index (Phi) is 4.14. The number of hydrogen-bond donors (Lipinski definition) is 1. The highest BCUT2D eigenvalue weighted by Gasteiger charge is 2.50. The number of nitrogens with two attached hydrogens (primary N) is 1. The summed E-state index contributed by atoms with van der Waals surface area (Å²) in [7, 11) is 1.56. The van der Waals surface area contributed by atoms with E-state index in [9.17, 15) is 9.18 Å². The Bertz CT molecular complexity index is 1080. The molecule has 1 amide bonds. The van der Waals surface area contributed by atoms with Gasteiger partial charge >= 0.3 is 0 Å². The summed E-state index contributed by atoms with van der Waals surface area (Å²) in [5, 5.41) is 4.27. The van der Waals surface area contributed by atoms with Crippen LogP contribution in [0.1, 0.15) is 18.1 Å². The first-order valence-electron chi connectivity index (χ1n) is 8.69. The van der Waals surface area contributed by atoms with Crippen molar-refractivity contribution >= 4 is 11.9 Å². The molecule has 0 spiro atoms. The average molecular weight is 379 g/mol. The Labute approximate surface area is 160 Å². The van der Waals surface area contributed by atoms with Gasteiger partial charge in [0.15, 0.2) is 11.5 Å². The summed E-state index contributed by atoms with van der Waals surface area (Å²) in [6, 6.07) is 4.44. The molecule has 8 nitrogen and oxygen atoms in total. The Morgan fingerprint density at radius 2 is 1.93 bits per heavy atom. The molecule has 1 atom stereocenters. The number of aromatic nitrogens is 4. The van der Waals surface area contributed by atoms with Crippen molar-refractivity contribution < 1.29 is 9.18 Å². The van der Waals surface area contributed by atoms with E-state index < -0.39 is 11.4 Å². The molecule has 1 aliphatic heterocycles. The van der Waals surface area contributed by atoms with Crippen LogP contribution in [0.3, 0.4) is 0 Å². The summed E-state index contributed by atoms with van der Waals surface area (Å²) in [6.45, 7) is 2.57. The Morgan fingerprint density at radius 1 is 1.18 bits per heavy atom.